The quantitative estimate of drug-likeness (QED) is 0.810. The maximum atomic E-state index is 13.5. The Hall–Kier alpha value is -2.52. The zero-order chi connectivity index (χ0) is 18.4. The molecule has 0 heterocycles. The number of rotatable bonds is 2. The van der Waals surface area contributed by atoms with E-state index in [2.05, 4.69) is 5.32 Å². The van der Waals surface area contributed by atoms with Crippen molar-refractivity contribution in [1.82, 2.24) is 0 Å². The molecule has 0 radical (unpaired) electrons. The minimum atomic E-state index is -0.671. The second kappa shape index (κ2) is 8.54. The van der Waals surface area contributed by atoms with E-state index in [1.807, 2.05) is 0 Å². The normalized spacial score (nSPS) is 16.7. The summed E-state index contributed by atoms with van der Waals surface area (Å²) in [5.74, 6) is -0.408. The van der Waals surface area contributed by atoms with E-state index in [0.29, 0.717) is 24.9 Å². The van der Waals surface area contributed by atoms with Gasteiger partial charge in [-0.3, -0.25) is 14.4 Å². The number of anilines is 1. The lowest BCUT2D eigenvalue weighted by Crippen LogP contribution is -2.09. The van der Waals surface area contributed by atoms with Gasteiger partial charge in [0.1, 0.15) is 29.0 Å². The van der Waals surface area contributed by atoms with E-state index in [1.165, 1.54) is 18.2 Å². The van der Waals surface area contributed by atoms with Gasteiger partial charge in [0.2, 0.25) is 0 Å². The van der Waals surface area contributed by atoms with Gasteiger partial charge in [0.15, 0.2) is 5.78 Å². The van der Waals surface area contributed by atoms with Crippen LogP contribution in [-0.4, -0.2) is 17.3 Å². The van der Waals surface area contributed by atoms with Gasteiger partial charge in [-0.1, -0.05) is 11.6 Å². The predicted octanol–water partition coefficient (Wildman–Crippen LogP) is 3.71. The number of carbonyl (C=O) groups excluding carboxylic acids is 3. The number of hydrogen-bond donors (Lipinski definition) is 1. The third-order valence-corrected chi connectivity index (χ3v) is 4.04. The van der Waals surface area contributed by atoms with Crippen molar-refractivity contribution in [1.29, 1.82) is 5.26 Å². The Morgan fingerprint density at radius 1 is 1.08 bits per heavy atom. The lowest BCUT2D eigenvalue weighted by molar-refractivity contribution is -0.121. The number of carbonyl (C=O) groups is 3. The van der Waals surface area contributed by atoms with Crippen molar-refractivity contribution < 1.29 is 18.8 Å². The highest BCUT2D eigenvalue weighted by atomic mass is 35.5. The molecule has 1 fully saturated rings. The summed E-state index contributed by atoms with van der Waals surface area (Å²) >= 11 is 5.79. The third-order valence-electron chi connectivity index (χ3n) is 3.74. The Morgan fingerprint density at radius 2 is 1.76 bits per heavy atom. The van der Waals surface area contributed by atoms with E-state index in [4.69, 9.17) is 16.9 Å². The molecule has 1 aromatic carbocycles. The Labute approximate surface area is 149 Å². The maximum Gasteiger partial charge on any atom is 0.157 e. The summed E-state index contributed by atoms with van der Waals surface area (Å²) in [6, 6.07) is 4.37. The van der Waals surface area contributed by atoms with E-state index in [1.54, 1.807) is 6.07 Å². The van der Waals surface area contributed by atoms with Gasteiger partial charge >= 0.3 is 0 Å². The van der Waals surface area contributed by atoms with E-state index in [-0.39, 0.29) is 34.4 Å². The van der Waals surface area contributed by atoms with Crippen molar-refractivity contribution in [2.45, 2.75) is 38.5 Å². The van der Waals surface area contributed by atoms with E-state index >= 15 is 0 Å². The van der Waals surface area contributed by atoms with Gasteiger partial charge in [0, 0.05) is 36.7 Å². The molecule has 0 spiro atoms. The summed E-state index contributed by atoms with van der Waals surface area (Å²) in [6.07, 6.45) is 4.76. The first-order chi connectivity index (χ1) is 11.9. The van der Waals surface area contributed by atoms with Crippen molar-refractivity contribution in [2.75, 3.05) is 5.32 Å². The topological polar surface area (TPSA) is 87.0 Å². The van der Waals surface area contributed by atoms with Crippen molar-refractivity contribution >= 4 is 34.6 Å². The molecule has 1 saturated carbocycles. The molecular formula is C18H16ClFN2O3. The fourth-order valence-electron chi connectivity index (χ4n) is 2.50. The van der Waals surface area contributed by atoms with Crippen molar-refractivity contribution in [3.8, 4) is 6.07 Å². The molecule has 5 nitrogen and oxygen atoms in total. The summed E-state index contributed by atoms with van der Waals surface area (Å²) in [6.45, 7) is 0. The first-order valence-corrected chi connectivity index (χ1v) is 8.20. The van der Waals surface area contributed by atoms with Gasteiger partial charge in [-0.15, -0.1) is 0 Å². The zero-order valence-electron chi connectivity index (χ0n) is 13.4. The molecule has 130 valence electrons. The van der Waals surface area contributed by atoms with Gasteiger partial charge in [-0.25, -0.2) is 4.39 Å². The van der Waals surface area contributed by atoms with Crippen LogP contribution in [0.15, 0.2) is 23.9 Å². The van der Waals surface area contributed by atoms with E-state index < -0.39 is 5.82 Å². The molecule has 1 aromatic rings. The van der Waals surface area contributed by atoms with Crippen LogP contribution in [0.2, 0.25) is 5.02 Å². The highest BCUT2D eigenvalue weighted by molar-refractivity contribution is 6.32. The first-order valence-electron chi connectivity index (χ1n) is 7.82. The van der Waals surface area contributed by atoms with Crippen LogP contribution in [0.4, 0.5) is 10.1 Å². The van der Waals surface area contributed by atoms with Gasteiger partial charge in [-0.05, 0) is 25.0 Å². The van der Waals surface area contributed by atoms with E-state index in [0.717, 1.165) is 18.5 Å². The highest BCUT2D eigenvalue weighted by Crippen LogP contribution is 2.26. The van der Waals surface area contributed by atoms with Crippen LogP contribution in [0, 0.1) is 17.1 Å². The lowest BCUT2D eigenvalue weighted by Gasteiger charge is -2.15. The second-order valence-corrected chi connectivity index (χ2v) is 6.20. The molecule has 1 N–H and O–H groups in total. The molecule has 0 bridgehead atoms. The number of Topliss-reactive ketones (excluding diaryl/α,β-unsaturated/α-hetero) is 2. The second-order valence-electron chi connectivity index (χ2n) is 5.80. The fraction of sp³-hybridized carbons (Fsp3) is 0.333. The summed E-state index contributed by atoms with van der Waals surface area (Å²) in [7, 11) is 0. The van der Waals surface area contributed by atoms with Gasteiger partial charge < -0.3 is 5.32 Å². The minimum absolute atomic E-state index is 0.0581. The molecule has 0 saturated heterocycles. The molecular weight excluding hydrogens is 347 g/mol. The standard InChI is InChI=1S/C13H10ClFN2O.C5H6O2/c14-12-5-9(6-13(15)11(12)7-16)17-8-2-1-3-10(18)4-8;6-4-1-2-5(7)3-4/h4-6,17H,1-3H2;1-3H2. The number of benzene rings is 1. The van der Waals surface area contributed by atoms with Crippen LogP contribution in [0.5, 0.6) is 0 Å². The molecule has 0 atom stereocenters. The number of halogens is 2. The average Bonchev–Trinajstić information content (AvgIpc) is 2.91. The molecule has 2 aliphatic rings. The number of nitrogens with one attached hydrogen (secondary N) is 1. The number of allylic oxidation sites excluding steroid dienone is 2. The molecule has 0 amide bonds. The van der Waals surface area contributed by atoms with E-state index in [9.17, 15) is 18.8 Å². The number of nitriles is 1. The molecule has 0 aromatic heterocycles. The Morgan fingerprint density at radius 3 is 2.24 bits per heavy atom. The summed E-state index contributed by atoms with van der Waals surface area (Å²) in [5.41, 5.74) is 1.01. The van der Waals surface area contributed by atoms with Crippen molar-refractivity contribution in [3.05, 3.63) is 40.3 Å². The van der Waals surface area contributed by atoms with Crippen molar-refractivity contribution in [3.63, 3.8) is 0 Å². The van der Waals surface area contributed by atoms with Crippen LogP contribution in [0.1, 0.15) is 44.1 Å². The number of nitrogens with zero attached hydrogens (tertiary/aromatic N) is 1. The lowest BCUT2D eigenvalue weighted by atomic mass is 10.0. The summed E-state index contributed by atoms with van der Waals surface area (Å²) < 4.78 is 13.5. The van der Waals surface area contributed by atoms with Gasteiger partial charge in [0.05, 0.1) is 11.4 Å². The molecule has 2 aliphatic carbocycles. The van der Waals surface area contributed by atoms with Crippen LogP contribution in [-0.2, 0) is 14.4 Å². The fourth-order valence-corrected chi connectivity index (χ4v) is 2.75. The largest absolute Gasteiger partial charge is 0.359 e. The Kier molecular flexibility index (Phi) is 6.43. The van der Waals surface area contributed by atoms with Crippen LogP contribution >= 0.6 is 11.6 Å². The smallest absolute Gasteiger partial charge is 0.157 e. The summed E-state index contributed by atoms with van der Waals surface area (Å²) in [4.78, 5) is 31.7. The molecule has 3 rings (SSSR count). The van der Waals surface area contributed by atoms with Crippen LogP contribution < -0.4 is 5.32 Å². The molecule has 25 heavy (non-hydrogen) atoms. The number of hydrogen-bond acceptors (Lipinski definition) is 5. The maximum absolute atomic E-state index is 13.5. The van der Waals surface area contributed by atoms with Gasteiger partial charge in [-0.2, -0.15) is 5.26 Å². The predicted molar refractivity (Wildman–Crippen MR) is 90.6 cm³/mol. The monoisotopic (exact) mass is 362 g/mol. The van der Waals surface area contributed by atoms with Crippen molar-refractivity contribution in [2.24, 2.45) is 0 Å². The summed E-state index contributed by atoms with van der Waals surface area (Å²) in [5, 5.41) is 11.7. The number of ketones is 3. The molecule has 7 heteroatoms. The zero-order valence-corrected chi connectivity index (χ0v) is 14.2. The highest BCUT2D eigenvalue weighted by Gasteiger charge is 2.17. The Bertz CT molecular complexity index is 759. The average molecular weight is 363 g/mol. The molecule has 0 aliphatic heterocycles. The van der Waals surface area contributed by atoms with Crippen LogP contribution in [0.3, 0.4) is 0 Å². The third kappa shape index (κ3) is 5.50. The SMILES string of the molecule is N#Cc1c(F)cc(NC2=CC(=O)CCC2)cc1Cl.O=C1CCC(=O)C1. The Balaban J connectivity index is 0.000000269. The first kappa shape index (κ1) is 18.8. The minimum Gasteiger partial charge on any atom is -0.359 e. The van der Waals surface area contributed by atoms with Gasteiger partial charge in [0.25, 0.3) is 0 Å². The van der Waals surface area contributed by atoms with Crippen LogP contribution in [0.25, 0.3) is 0 Å². The molecule has 0 unspecified atom stereocenters.